The van der Waals surface area contributed by atoms with Gasteiger partial charge in [-0.15, -0.1) is 11.8 Å². The Bertz CT molecular complexity index is 484. The van der Waals surface area contributed by atoms with Gasteiger partial charge in [0.1, 0.15) is 0 Å². The van der Waals surface area contributed by atoms with Gasteiger partial charge in [0, 0.05) is 30.6 Å². The van der Waals surface area contributed by atoms with Crippen LogP contribution >= 0.6 is 11.8 Å². The van der Waals surface area contributed by atoms with Crippen molar-refractivity contribution in [1.82, 2.24) is 4.90 Å². The molecule has 0 aromatic heterocycles. The zero-order valence-corrected chi connectivity index (χ0v) is 14.2. The van der Waals surface area contributed by atoms with Crippen LogP contribution in [0, 0.1) is 5.92 Å². The van der Waals surface area contributed by atoms with Crippen LogP contribution in [0.4, 0.5) is 5.69 Å². The van der Waals surface area contributed by atoms with E-state index in [0.29, 0.717) is 28.2 Å². The maximum absolute atomic E-state index is 11.9. The highest BCUT2D eigenvalue weighted by Gasteiger charge is 2.11. The zero-order valence-electron chi connectivity index (χ0n) is 13.3. The topological polar surface area (TPSA) is 49.4 Å². The van der Waals surface area contributed by atoms with Gasteiger partial charge < -0.3 is 10.2 Å². The number of thioether (sulfide) groups is 1. The Balaban J connectivity index is 2.52. The van der Waals surface area contributed by atoms with Crippen LogP contribution in [-0.2, 0) is 4.79 Å². The summed E-state index contributed by atoms with van der Waals surface area (Å²) in [7, 11) is 3.43. The summed E-state index contributed by atoms with van der Waals surface area (Å²) in [4.78, 5) is 25.1. The van der Waals surface area contributed by atoms with Crippen molar-refractivity contribution in [2.75, 3.05) is 25.2 Å². The predicted octanol–water partition coefficient (Wildman–Crippen LogP) is 3.10. The highest BCUT2D eigenvalue weighted by atomic mass is 32.2. The van der Waals surface area contributed by atoms with E-state index in [1.165, 1.54) is 4.90 Å². The molecule has 4 nitrogen and oxygen atoms in total. The van der Waals surface area contributed by atoms with Gasteiger partial charge in [0.05, 0.1) is 5.75 Å². The van der Waals surface area contributed by atoms with Crippen LogP contribution in [0.5, 0.6) is 0 Å². The Kier molecular flexibility index (Phi) is 6.75. The van der Waals surface area contributed by atoms with Gasteiger partial charge in [-0.1, -0.05) is 20.8 Å². The smallest absolute Gasteiger partial charge is 0.253 e. The van der Waals surface area contributed by atoms with Crippen molar-refractivity contribution in [3.05, 3.63) is 29.8 Å². The number of benzene rings is 1. The molecule has 0 heterocycles. The van der Waals surface area contributed by atoms with Gasteiger partial charge in [-0.05, 0) is 30.2 Å². The summed E-state index contributed by atoms with van der Waals surface area (Å²) in [5.41, 5.74) is 1.33. The van der Waals surface area contributed by atoms with Crippen LogP contribution in [-0.4, -0.2) is 41.8 Å². The number of carbonyl (C=O) groups excluding carboxylic acids is 2. The largest absolute Gasteiger partial charge is 0.345 e. The predicted molar refractivity (Wildman–Crippen MR) is 89.8 cm³/mol. The van der Waals surface area contributed by atoms with Crippen molar-refractivity contribution in [3.63, 3.8) is 0 Å². The highest BCUT2D eigenvalue weighted by molar-refractivity contribution is 8.00. The first-order chi connectivity index (χ1) is 9.81. The molecular formula is C16H24N2O2S. The summed E-state index contributed by atoms with van der Waals surface area (Å²) < 4.78 is 0. The van der Waals surface area contributed by atoms with Gasteiger partial charge in [0.15, 0.2) is 0 Å². The second-order valence-electron chi connectivity index (χ2n) is 5.59. The van der Waals surface area contributed by atoms with E-state index >= 15 is 0 Å². The fraction of sp³-hybridized carbons (Fsp3) is 0.500. The molecule has 0 spiro atoms. The maximum Gasteiger partial charge on any atom is 0.253 e. The highest BCUT2D eigenvalue weighted by Crippen LogP contribution is 2.19. The van der Waals surface area contributed by atoms with Gasteiger partial charge in [0.2, 0.25) is 5.91 Å². The zero-order chi connectivity index (χ0) is 16.0. The van der Waals surface area contributed by atoms with Gasteiger partial charge >= 0.3 is 0 Å². The van der Waals surface area contributed by atoms with Crippen LogP contribution < -0.4 is 5.32 Å². The number of nitrogens with zero attached hydrogens (tertiary/aromatic N) is 1. The van der Waals surface area contributed by atoms with E-state index in [-0.39, 0.29) is 11.8 Å². The normalized spacial score (nSPS) is 12.1. The lowest BCUT2D eigenvalue weighted by Crippen LogP contribution is -2.21. The maximum atomic E-state index is 11.9. The number of amides is 2. The minimum Gasteiger partial charge on any atom is -0.345 e. The van der Waals surface area contributed by atoms with E-state index in [2.05, 4.69) is 26.1 Å². The number of anilines is 1. The van der Waals surface area contributed by atoms with Crippen molar-refractivity contribution in [2.24, 2.45) is 5.92 Å². The molecule has 0 aliphatic carbocycles. The Morgan fingerprint density at radius 3 is 2.19 bits per heavy atom. The lowest BCUT2D eigenvalue weighted by Gasteiger charge is -2.14. The molecule has 1 aromatic carbocycles. The summed E-state index contributed by atoms with van der Waals surface area (Å²) in [6.45, 7) is 6.43. The van der Waals surface area contributed by atoms with Gasteiger partial charge in [-0.25, -0.2) is 0 Å². The Morgan fingerprint density at radius 1 is 1.14 bits per heavy atom. The van der Waals surface area contributed by atoms with Crippen LogP contribution in [0.3, 0.4) is 0 Å². The van der Waals surface area contributed by atoms with Crippen LogP contribution in [0.1, 0.15) is 31.1 Å². The standard InChI is InChI=1S/C16H24N2O2S/c1-11(2)12(3)21-10-15(19)17-14-8-6-13(7-9-14)16(20)18(4)5/h6-9,11-12H,10H2,1-5H3,(H,17,19)/t12-/m0/s1. The van der Waals surface area contributed by atoms with Gasteiger partial charge in [-0.2, -0.15) is 0 Å². The first-order valence-corrected chi connectivity index (χ1v) is 8.09. The molecule has 1 N–H and O–H groups in total. The molecule has 0 fully saturated rings. The van der Waals surface area contributed by atoms with Crippen molar-refractivity contribution in [1.29, 1.82) is 0 Å². The third kappa shape index (κ3) is 5.79. The lowest BCUT2D eigenvalue weighted by molar-refractivity contribution is -0.113. The molecule has 2 amide bonds. The number of nitrogens with one attached hydrogen (secondary N) is 1. The molecule has 0 bridgehead atoms. The van der Waals surface area contributed by atoms with E-state index in [1.807, 2.05) is 0 Å². The summed E-state index contributed by atoms with van der Waals surface area (Å²) in [5.74, 6) is 0.935. The third-order valence-corrected chi connectivity index (χ3v) is 4.74. The number of carbonyl (C=O) groups is 2. The molecule has 0 aliphatic heterocycles. The van der Waals surface area contributed by atoms with E-state index in [0.717, 1.165) is 0 Å². The lowest BCUT2D eigenvalue weighted by atomic mass is 10.2. The quantitative estimate of drug-likeness (QED) is 0.878. The summed E-state index contributed by atoms with van der Waals surface area (Å²) >= 11 is 1.65. The summed E-state index contributed by atoms with van der Waals surface area (Å²) in [6.07, 6.45) is 0. The molecular weight excluding hydrogens is 284 g/mol. The number of hydrogen-bond donors (Lipinski definition) is 1. The molecule has 0 saturated carbocycles. The summed E-state index contributed by atoms with van der Waals surface area (Å²) in [6, 6.07) is 6.96. The van der Waals surface area contributed by atoms with Crippen molar-refractivity contribution in [2.45, 2.75) is 26.0 Å². The van der Waals surface area contributed by atoms with Crippen molar-refractivity contribution >= 4 is 29.3 Å². The van der Waals surface area contributed by atoms with Crippen molar-refractivity contribution in [3.8, 4) is 0 Å². The van der Waals surface area contributed by atoms with Crippen LogP contribution in [0.2, 0.25) is 0 Å². The molecule has 0 aliphatic rings. The Labute approximate surface area is 131 Å². The minimum atomic E-state index is -0.0470. The summed E-state index contributed by atoms with van der Waals surface area (Å²) in [5, 5.41) is 3.30. The van der Waals surface area contributed by atoms with E-state index in [9.17, 15) is 9.59 Å². The second kappa shape index (κ2) is 8.08. The van der Waals surface area contributed by atoms with Crippen LogP contribution in [0.15, 0.2) is 24.3 Å². The van der Waals surface area contributed by atoms with E-state index in [1.54, 1.807) is 50.1 Å². The van der Waals surface area contributed by atoms with E-state index in [4.69, 9.17) is 0 Å². The number of rotatable bonds is 6. The average Bonchev–Trinajstić information content (AvgIpc) is 2.44. The molecule has 1 rings (SSSR count). The monoisotopic (exact) mass is 308 g/mol. The van der Waals surface area contributed by atoms with Gasteiger partial charge in [-0.3, -0.25) is 9.59 Å². The first-order valence-electron chi connectivity index (χ1n) is 7.04. The molecule has 0 unspecified atom stereocenters. The fourth-order valence-corrected chi connectivity index (χ4v) is 2.42. The Hall–Kier alpha value is -1.49. The van der Waals surface area contributed by atoms with E-state index < -0.39 is 0 Å². The molecule has 21 heavy (non-hydrogen) atoms. The minimum absolute atomic E-state index is 0.0146. The van der Waals surface area contributed by atoms with Gasteiger partial charge in [0.25, 0.3) is 5.91 Å². The van der Waals surface area contributed by atoms with Crippen LogP contribution in [0.25, 0.3) is 0 Å². The van der Waals surface area contributed by atoms with Crippen molar-refractivity contribution < 1.29 is 9.59 Å². The molecule has 1 aromatic rings. The second-order valence-corrected chi connectivity index (χ2v) is 6.95. The third-order valence-electron chi connectivity index (χ3n) is 3.24. The fourth-order valence-electron chi connectivity index (χ4n) is 1.55. The first kappa shape index (κ1) is 17.6. The molecule has 0 radical (unpaired) electrons. The number of hydrogen-bond acceptors (Lipinski definition) is 3. The SMILES string of the molecule is CC(C)[C@H](C)SCC(=O)Nc1ccc(C(=O)N(C)C)cc1. The average molecular weight is 308 g/mol. The Morgan fingerprint density at radius 2 is 1.71 bits per heavy atom. The molecule has 5 heteroatoms. The molecule has 116 valence electrons. The molecule has 0 saturated heterocycles. The molecule has 1 atom stereocenters.